The summed E-state index contributed by atoms with van der Waals surface area (Å²) < 4.78 is 5.15. The molecule has 0 unspecified atom stereocenters. The third-order valence-corrected chi connectivity index (χ3v) is 2.99. The second-order valence-corrected chi connectivity index (χ2v) is 4.55. The van der Waals surface area contributed by atoms with Gasteiger partial charge >= 0.3 is 0 Å². The smallest absolute Gasteiger partial charge is 0.260 e. The Morgan fingerprint density at radius 2 is 2.11 bits per heavy atom. The quantitative estimate of drug-likeness (QED) is 0.709. The number of nitrogen functional groups attached to an aromatic ring is 1. The van der Waals surface area contributed by atoms with E-state index in [0.29, 0.717) is 32.9 Å². The van der Waals surface area contributed by atoms with Gasteiger partial charge in [0.1, 0.15) is 0 Å². The summed E-state index contributed by atoms with van der Waals surface area (Å²) in [6.45, 7) is 0. The van der Waals surface area contributed by atoms with E-state index in [9.17, 15) is 0 Å². The van der Waals surface area contributed by atoms with Crippen LogP contribution in [0, 0.1) is 0 Å². The Labute approximate surface area is 117 Å². The van der Waals surface area contributed by atoms with E-state index in [-0.39, 0.29) is 5.89 Å². The molecule has 2 aromatic heterocycles. The number of hydrogen-bond acceptors (Lipinski definition) is 5. The molecule has 0 saturated heterocycles. The Morgan fingerprint density at radius 3 is 2.84 bits per heavy atom. The van der Waals surface area contributed by atoms with Crippen molar-refractivity contribution in [1.29, 1.82) is 0 Å². The van der Waals surface area contributed by atoms with Gasteiger partial charge in [-0.25, -0.2) is 4.98 Å². The Hall–Kier alpha value is -2.05. The summed E-state index contributed by atoms with van der Waals surface area (Å²) in [6, 6.07) is 3.16. The molecule has 3 rings (SSSR count). The zero-order valence-corrected chi connectivity index (χ0v) is 10.9. The van der Waals surface area contributed by atoms with Crippen molar-refractivity contribution in [3.05, 3.63) is 34.6 Å². The molecule has 0 fully saturated rings. The Bertz CT molecular complexity index is 723. The summed E-state index contributed by atoms with van der Waals surface area (Å²) in [6.07, 6.45) is 3.26. The topological polar surface area (TPSA) is 93.6 Å². The third kappa shape index (κ3) is 2.16. The van der Waals surface area contributed by atoms with E-state index in [1.165, 1.54) is 0 Å². The maximum Gasteiger partial charge on any atom is 0.260 e. The molecule has 0 aliphatic heterocycles. The van der Waals surface area contributed by atoms with Crippen LogP contribution in [0.1, 0.15) is 0 Å². The molecule has 19 heavy (non-hydrogen) atoms. The zero-order chi connectivity index (χ0) is 13.4. The van der Waals surface area contributed by atoms with Gasteiger partial charge in [-0.3, -0.25) is 0 Å². The summed E-state index contributed by atoms with van der Waals surface area (Å²) in [7, 11) is 0. The first-order chi connectivity index (χ1) is 9.15. The first kappa shape index (κ1) is 12.0. The van der Waals surface area contributed by atoms with E-state index in [2.05, 4.69) is 20.1 Å². The molecule has 3 aromatic rings. The monoisotopic (exact) mass is 295 g/mol. The van der Waals surface area contributed by atoms with E-state index in [1.807, 2.05) is 0 Å². The molecule has 0 spiro atoms. The van der Waals surface area contributed by atoms with Gasteiger partial charge in [-0.2, -0.15) is 4.98 Å². The predicted molar refractivity (Wildman–Crippen MR) is 71.7 cm³/mol. The van der Waals surface area contributed by atoms with Crippen LogP contribution in [-0.4, -0.2) is 20.1 Å². The number of hydrogen-bond donors (Lipinski definition) is 2. The van der Waals surface area contributed by atoms with E-state index in [4.69, 9.17) is 33.5 Å². The van der Waals surface area contributed by atoms with Crippen LogP contribution in [0.25, 0.3) is 23.1 Å². The first-order valence-corrected chi connectivity index (χ1v) is 5.99. The maximum atomic E-state index is 5.96. The number of nitrogens with two attached hydrogens (primary N) is 1. The molecule has 2 heterocycles. The number of aromatic nitrogens is 4. The van der Waals surface area contributed by atoms with E-state index in [0.717, 1.165) is 0 Å². The Balaban J connectivity index is 2.09. The fourth-order valence-electron chi connectivity index (χ4n) is 1.58. The maximum absolute atomic E-state index is 5.96. The first-order valence-electron chi connectivity index (χ1n) is 5.23. The lowest BCUT2D eigenvalue weighted by Gasteiger charge is -2.03. The van der Waals surface area contributed by atoms with Crippen molar-refractivity contribution in [1.82, 2.24) is 20.1 Å². The average Bonchev–Trinajstić information content (AvgIpc) is 3.03. The number of nitrogens with one attached hydrogen (secondary N) is 1. The van der Waals surface area contributed by atoms with Crippen LogP contribution >= 0.6 is 23.2 Å². The van der Waals surface area contributed by atoms with Crippen molar-refractivity contribution in [3.8, 4) is 23.1 Å². The molecular formula is C11H7Cl2N5O. The predicted octanol–water partition coefficient (Wildman–Crippen LogP) is 3.02. The van der Waals surface area contributed by atoms with Gasteiger partial charge in [0.15, 0.2) is 5.82 Å². The highest BCUT2D eigenvalue weighted by molar-refractivity contribution is 6.37. The highest BCUT2D eigenvalue weighted by Crippen LogP contribution is 2.34. The summed E-state index contributed by atoms with van der Waals surface area (Å²) in [5.74, 6) is 1.06. The minimum atomic E-state index is 0.230. The number of anilines is 1. The number of H-pyrrole nitrogens is 1. The number of benzene rings is 1. The van der Waals surface area contributed by atoms with Crippen LogP contribution in [0.2, 0.25) is 10.0 Å². The highest BCUT2D eigenvalue weighted by Gasteiger charge is 2.16. The van der Waals surface area contributed by atoms with Crippen LogP contribution < -0.4 is 5.73 Å². The normalized spacial score (nSPS) is 10.8. The number of rotatable bonds is 2. The molecule has 0 saturated carbocycles. The lowest BCUT2D eigenvalue weighted by Crippen LogP contribution is -1.92. The van der Waals surface area contributed by atoms with Crippen molar-refractivity contribution in [2.45, 2.75) is 0 Å². The second-order valence-electron chi connectivity index (χ2n) is 3.71. The SMILES string of the molecule is Nc1c(Cl)cc(Cl)cc1-c1nc(-c2ncc[nH]2)no1. The molecule has 0 atom stereocenters. The van der Waals surface area contributed by atoms with Gasteiger partial charge in [-0.05, 0) is 12.1 Å². The zero-order valence-electron chi connectivity index (χ0n) is 9.39. The van der Waals surface area contributed by atoms with Gasteiger partial charge in [0, 0.05) is 17.4 Å². The number of imidazole rings is 1. The molecular weight excluding hydrogens is 289 g/mol. The number of nitrogens with zero attached hydrogens (tertiary/aromatic N) is 3. The van der Waals surface area contributed by atoms with Crippen molar-refractivity contribution in [2.24, 2.45) is 0 Å². The molecule has 0 bridgehead atoms. The van der Waals surface area contributed by atoms with E-state index >= 15 is 0 Å². The summed E-state index contributed by atoms with van der Waals surface area (Å²) >= 11 is 11.9. The van der Waals surface area contributed by atoms with Gasteiger partial charge in [-0.1, -0.05) is 28.4 Å². The molecule has 96 valence electrons. The van der Waals surface area contributed by atoms with Crippen LogP contribution in [0.15, 0.2) is 29.0 Å². The molecule has 0 aliphatic rings. The lowest BCUT2D eigenvalue weighted by atomic mass is 10.2. The second kappa shape index (κ2) is 4.56. The van der Waals surface area contributed by atoms with Gasteiger partial charge in [0.25, 0.3) is 5.89 Å². The lowest BCUT2D eigenvalue weighted by molar-refractivity contribution is 0.432. The van der Waals surface area contributed by atoms with Crippen molar-refractivity contribution in [2.75, 3.05) is 5.73 Å². The third-order valence-electron chi connectivity index (χ3n) is 2.46. The van der Waals surface area contributed by atoms with Crippen LogP contribution in [-0.2, 0) is 0 Å². The number of aromatic amines is 1. The van der Waals surface area contributed by atoms with Crippen LogP contribution in [0.3, 0.4) is 0 Å². The van der Waals surface area contributed by atoms with E-state index < -0.39 is 0 Å². The molecule has 0 aliphatic carbocycles. The summed E-state index contributed by atoms with van der Waals surface area (Å²) in [4.78, 5) is 11.1. The van der Waals surface area contributed by atoms with Crippen LogP contribution in [0.4, 0.5) is 5.69 Å². The van der Waals surface area contributed by atoms with Gasteiger partial charge < -0.3 is 15.2 Å². The van der Waals surface area contributed by atoms with E-state index in [1.54, 1.807) is 24.5 Å². The minimum Gasteiger partial charge on any atom is -0.397 e. The fraction of sp³-hybridized carbons (Fsp3) is 0. The van der Waals surface area contributed by atoms with Gasteiger partial charge in [-0.15, -0.1) is 0 Å². The molecule has 0 amide bonds. The molecule has 8 heteroatoms. The molecule has 3 N–H and O–H groups in total. The minimum absolute atomic E-state index is 0.230. The van der Waals surface area contributed by atoms with Crippen molar-refractivity contribution >= 4 is 28.9 Å². The summed E-state index contributed by atoms with van der Waals surface area (Å²) in [5.41, 5.74) is 6.69. The van der Waals surface area contributed by atoms with Gasteiger partial charge in [0.2, 0.25) is 5.82 Å². The largest absolute Gasteiger partial charge is 0.397 e. The number of halogens is 2. The molecule has 0 radical (unpaired) electrons. The fourth-order valence-corrected chi connectivity index (χ4v) is 2.07. The van der Waals surface area contributed by atoms with Crippen molar-refractivity contribution < 1.29 is 4.52 Å². The molecule has 1 aromatic carbocycles. The van der Waals surface area contributed by atoms with Gasteiger partial charge in [0.05, 0.1) is 16.3 Å². The standard InChI is InChI=1S/C11H7Cl2N5O/c12-5-3-6(8(14)7(13)4-5)11-17-10(18-19-11)9-15-1-2-16-9/h1-4H,14H2,(H,15,16). The summed E-state index contributed by atoms with van der Waals surface area (Å²) in [5, 5.41) is 4.58. The average molecular weight is 296 g/mol. The highest BCUT2D eigenvalue weighted by atomic mass is 35.5. The Kier molecular flexibility index (Phi) is 2.88. The van der Waals surface area contributed by atoms with Crippen molar-refractivity contribution in [3.63, 3.8) is 0 Å². The Morgan fingerprint density at radius 1 is 1.26 bits per heavy atom. The molecule has 6 nitrogen and oxygen atoms in total. The van der Waals surface area contributed by atoms with Crippen LogP contribution in [0.5, 0.6) is 0 Å².